The van der Waals surface area contributed by atoms with Gasteiger partial charge >= 0.3 is 5.97 Å². The number of nitrogens with one attached hydrogen (secondary N) is 1. The van der Waals surface area contributed by atoms with Crippen LogP contribution in [0.4, 0.5) is 5.69 Å². The Balaban J connectivity index is 1.26. The molecule has 1 aliphatic rings. The van der Waals surface area contributed by atoms with Crippen molar-refractivity contribution in [2.24, 2.45) is 5.92 Å². The van der Waals surface area contributed by atoms with Crippen LogP contribution in [0.5, 0.6) is 0 Å². The van der Waals surface area contributed by atoms with E-state index < -0.39 is 0 Å². The third kappa shape index (κ3) is 5.84. The highest BCUT2D eigenvalue weighted by atomic mass is 16.5. The van der Waals surface area contributed by atoms with Crippen molar-refractivity contribution in [3.63, 3.8) is 0 Å². The lowest BCUT2D eigenvalue weighted by Gasteiger charge is -2.30. The molecule has 0 atom stereocenters. The molecule has 2 aromatic carbocycles. The molecule has 0 unspecified atom stereocenters. The topological polar surface area (TPSA) is 97.6 Å². The summed E-state index contributed by atoms with van der Waals surface area (Å²) in [4.78, 5) is 31.2. The van der Waals surface area contributed by atoms with E-state index >= 15 is 0 Å². The third-order valence-corrected chi connectivity index (χ3v) is 5.73. The van der Waals surface area contributed by atoms with Crippen molar-refractivity contribution in [3.05, 3.63) is 65.5 Å². The smallest absolute Gasteiger partial charge is 0.338 e. The lowest BCUT2D eigenvalue weighted by Crippen LogP contribution is -2.37. The van der Waals surface area contributed by atoms with Crippen LogP contribution in [-0.4, -0.2) is 46.6 Å². The molecule has 1 saturated heterocycles. The van der Waals surface area contributed by atoms with E-state index in [9.17, 15) is 9.59 Å². The fraction of sp³-hybridized carbons (Fsp3) is 0.360. The van der Waals surface area contributed by atoms with E-state index in [0.717, 1.165) is 37.1 Å². The van der Waals surface area contributed by atoms with Crippen molar-refractivity contribution in [1.82, 2.24) is 15.0 Å². The van der Waals surface area contributed by atoms with E-state index in [-0.39, 0.29) is 17.8 Å². The Kier molecular flexibility index (Phi) is 7.14. The van der Waals surface area contributed by atoms with Crippen LogP contribution in [0.25, 0.3) is 11.4 Å². The molecular weight excluding hydrogens is 420 g/mol. The predicted octanol–water partition coefficient (Wildman–Crippen LogP) is 4.07. The highest BCUT2D eigenvalue weighted by Gasteiger charge is 2.26. The van der Waals surface area contributed by atoms with Gasteiger partial charge in [-0.05, 0) is 70.1 Å². The standard InChI is InChI=1S/C25H28N4O4/c1-3-32-25(31)19-7-9-21(10-8-19)26-24(30)18-11-13-29(14-12-18)16-22-27-23(28-33-22)20-6-4-5-17(2)15-20/h4-10,15,18H,3,11-14,16H2,1-2H3,(H,26,30). The Labute approximate surface area is 192 Å². The Morgan fingerprint density at radius 3 is 2.61 bits per heavy atom. The molecule has 0 spiro atoms. The van der Waals surface area contributed by atoms with E-state index in [1.54, 1.807) is 31.2 Å². The Bertz CT molecular complexity index is 1100. The second-order valence-corrected chi connectivity index (χ2v) is 8.22. The number of hydrogen-bond acceptors (Lipinski definition) is 7. The summed E-state index contributed by atoms with van der Waals surface area (Å²) in [6, 6.07) is 14.8. The maximum atomic E-state index is 12.7. The molecule has 8 heteroatoms. The maximum absolute atomic E-state index is 12.7. The molecule has 1 amide bonds. The quantitative estimate of drug-likeness (QED) is 0.544. The van der Waals surface area contributed by atoms with E-state index in [4.69, 9.17) is 9.26 Å². The normalized spacial score (nSPS) is 14.7. The number of piperidine rings is 1. The van der Waals surface area contributed by atoms with Crippen molar-refractivity contribution in [2.75, 3.05) is 25.0 Å². The number of amides is 1. The first-order chi connectivity index (χ1) is 16.0. The summed E-state index contributed by atoms with van der Waals surface area (Å²) in [7, 11) is 0. The fourth-order valence-electron chi connectivity index (χ4n) is 3.91. The predicted molar refractivity (Wildman–Crippen MR) is 124 cm³/mol. The SMILES string of the molecule is CCOC(=O)c1ccc(NC(=O)C2CCN(Cc3nc(-c4cccc(C)c4)no3)CC2)cc1. The largest absolute Gasteiger partial charge is 0.462 e. The number of ether oxygens (including phenoxy) is 1. The number of carbonyl (C=O) groups is 2. The van der Waals surface area contributed by atoms with Gasteiger partial charge in [0, 0.05) is 17.2 Å². The molecule has 1 aromatic heterocycles. The lowest BCUT2D eigenvalue weighted by molar-refractivity contribution is -0.121. The fourth-order valence-corrected chi connectivity index (χ4v) is 3.91. The average Bonchev–Trinajstić information content (AvgIpc) is 3.29. The maximum Gasteiger partial charge on any atom is 0.338 e. The molecule has 0 bridgehead atoms. The number of likely N-dealkylation sites (tertiary alicyclic amines) is 1. The van der Waals surface area contributed by atoms with Gasteiger partial charge < -0.3 is 14.6 Å². The van der Waals surface area contributed by atoms with E-state index in [1.165, 1.54) is 0 Å². The minimum atomic E-state index is -0.366. The lowest BCUT2D eigenvalue weighted by atomic mass is 9.96. The molecule has 172 valence electrons. The van der Waals surface area contributed by atoms with Gasteiger partial charge in [-0.15, -0.1) is 0 Å². The Hall–Kier alpha value is -3.52. The summed E-state index contributed by atoms with van der Waals surface area (Å²) < 4.78 is 10.4. The molecule has 8 nitrogen and oxygen atoms in total. The number of rotatable bonds is 7. The van der Waals surface area contributed by atoms with Gasteiger partial charge in [0.2, 0.25) is 17.6 Å². The monoisotopic (exact) mass is 448 g/mol. The van der Waals surface area contributed by atoms with Gasteiger partial charge in [-0.2, -0.15) is 4.98 Å². The van der Waals surface area contributed by atoms with Gasteiger partial charge in [0.1, 0.15) is 0 Å². The molecular formula is C25H28N4O4. The van der Waals surface area contributed by atoms with Crippen LogP contribution >= 0.6 is 0 Å². The zero-order valence-corrected chi connectivity index (χ0v) is 18.9. The van der Waals surface area contributed by atoms with Gasteiger partial charge in [0.15, 0.2) is 0 Å². The summed E-state index contributed by atoms with van der Waals surface area (Å²) in [6.45, 7) is 6.26. The zero-order valence-electron chi connectivity index (χ0n) is 18.9. The second kappa shape index (κ2) is 10.4. The number of esters is 1. The van der Waals surface area contributed by atoms with Crippen molar-refractivity contribution in [3.8, 4) is 11.4 Å². The van der Waals surface area contributed by atoms with Crippen LogP contribution in [0.1, 0.15) is 41.6 Å². The van der Waals surface area contributed by atoms with Crippen LogP contribution < -0.4 is 5.32 Å². The number of aromatic nitrogens is 2. The van der Waals surface area contributed by atoms with Crippen LogP contribution in [-0.2, 0) is 16.1 Å². The number of nitrogens with zero attached hydrogens (tertiary/aromatic N) is 3. The van der Waals surface area contributed by atoms with Gasteiger partial charge in [0.25, 0.3) is 0 Å². The number of hydrogen-bond donors (Lipinski definition) is 1. The first-order valence-electron chi connectivity index (χ1n) is 11.2. The number of anilines is 1. The summed E-state index contributed by atoms with van der Waals surface area (Å²) >= 11 is 0. The average molecular weight is 449 g/mol. The van der Waals surface area contributed by atoms with Gasteiger partial charge in [-0.3, -0.25) is 9.69 Å². The van der Waals surface area contributed by atoms with Gasteiger partial charge in [0.05, 0.1) is 18.7 Å². The van der Waals surface area contributed by atoms with Crippen LogP contribution in [0, 0.1) is 12.8 Å². The molecule has 1 aliphatic heterocycles. The highest BCUT2D eigenvalue weighted by molar-refractivity contribution is 5.94. The number of aryl methyl sites for hydroxylation is 1. The third-order valence-electron chi connectivity index (χ3n) is 5.73. The number of benzene rings is 2. The molecule has 1 N–H and O–H groups in total. The minimum Gasteiger partial charge on any atom is -0.462 e. The molecule has 0 radical (unpaired) electrons. The zero-order chi connectivity index (χ0) is 23.2. The molecule has 2 heterocycles. The highest BCUT2D eigenvalue weighted by Crippen LogP contribution is 2.22. The molecule has 3 aromatic rings. The van der Waals surface area contributed by atoms with Crippen molar-refractivity contribution < 1.29 is 18.8 Å². The van der Waals surface area contributed by atoms with E-state index in [0.29, 0.717) is 36.1 Å². The van der Waals surface area contributed by atoms with Gasteiger partial charge in [-0.1, -0.05) is 28.9 Å². The molecule has 4 rings (SSSR count). The Morgan fingerprint density at radius 2 is 1.91 bits per heavy atom. The minimum absolute atomic E-state index is 0.00180. The summed E-state index contributed by atoms with van der Waals surface area (Å²) in [5, 5.41) is 7.05. The molecule has 33 heavy (non-hydrogen) atoms. The summed E-state index contributed by atoms with van der Waals surface area (Å²) in [6.07, 6.45) is 1.51. The molecule has 0 aliphatic carbocycles. The van der Waals surface area contributed by atoms with E-state index in [2.05, 4.69) is 20.4 Å². The Morgan fingerprint density at radius 1 is 1.15 bits per heavy atom. The first-order valence-corrected chi connectivity index (χ1v) is 11.2. The van der Waals surface area contributed by atoms with Gasteiger partial charge in [-0.25, -0.2) is 4.79 Å². The van der Waals surface area contributed by atoms with E-state index in [1.807, 2.05) is 31.2 Å². The molecule has 1 fully saturated rings. The second-order valence-electron chi connectivity index (χ2n) is 8.22. The number of carbonyl (C=O) groups excluding carboxylic acids is 2. The first kappa shape index (κ1) is 22.7. The van der Waals surface area contributed by atoms with Crippen LogP contribution in [0.2, 0.25) is 0 Å². The van der Waals surface area contributed by atoms with Crippen LogP contribution in [0.3, 0.4) is 0 Å². The summed E-state index contributed by atoms with van der Waals surface area (Å²) in [5.74, 6) is 0.748. The van der Waals surface area contributed by atoms with Crippen molar-refractivity contribution in [2.45, 2.75) is 33.2 Å². The summed E-state index contributed by atoms with van der Waals surface area (Å²) in [5.41, 5.74) is 3.23. The van der Waals surface area contributed by atoms with Crippen LogP contribution in [0.15, 0.2) is 53.1 Å². The van der Waals surface area contributed by atoms with Crippen molar-refractivity contribution >= 4 is 17.6 Å². The van der Waals surface area contributed by atoms with Crippen molar-refractivity contribution in [1.29, 1.82) is 0 Å². The molecule has 0 saturated carbocycles.